The van der Waals surface area contributed by atoms with Gasteiger partial charge in [-0.1, -0.05) is 65.0 Å². The summed E-state index contributed by atoms with van der Waals surface area (Å²) in [6.45, 7) is 23.8. The zero-order chi connectivity index (χ0) is 43.1. The van der Waals surface area contributed by atoms with E-state index in [1.54, 1.807) is 12.1 Å². The third-order valence-electron chi connectivity index (χ3n) is 19.0. The van der Waals surface area contributed by atoms with Crippen molar-refractivity contribution in [1.82, 2.24) is 15.2 Å². The average Bonchev–Trinajstić information content (AvgIpc) is 3.58. The number of ether oxygens (including phenoxy) is 1. The number of fused-ring (bicyclic) bond motifs is 7. The Morgan fingerprint density at radius 3 is 2.38 bits per heavy atom. The number of carbonyl (C=O) groups is 2. The number of rotatable bonds is 11. The van der Waals surface area contributed by atoms with Crippen LogP contribution in [0.1, 0.15) is 129 Å². The van der Waals surface area contributed by atoms with Crippen molar-refractivity contribution in [1.29, 1.82) is 0 Å². The number of hydrogen-bond donors (Lipinski definition) is 3. The molecule has 2 heterocycles. The normalized spacial score (nSPS) is 40.7. The number of carboxylic acid groups (broad SMARTS) is 1. The first-order valence-corrected chi connectivity index (χ1v) is 25.3. The van der Waals surface area contributed by atoms with Crippen LogP contribution >= 0.6 is 0 Å². The summed E-state index contributed by atoms with van der Waals surface area (Å²) in [5, 5.41) is 14.8. The van der Waals surface area contributed by atoms with Gasteiger partial charge >= 0.3 is 5.97 Å². The molecule has 5 fully saturated rings. The van der Waals surface area contributed by atoms with Crippen molar-refractivity contribution in [3.63, 3.8) is 0 Å². The van der Waals surface area contributed by atoms with Crippen LogP contribution in [0.3, 0.4) is 0 Å². The van der Waals surface area contributed by atoms with Crippen molar-refractivity contribution in [2.45, 2.75) is 124 Å². The predicted octanol–water partition coefficient (Wildman–Crippen LogP) is 8.31. The molecule has 0 spiro atoms. The summed E-state index contributed by atoms with van der Waals surface area (Å²) in [4.78, 5) is 31.2. The molecule has 330 valence electrons. The molecular weight excluding hydrogens is 769 g/mol. The van der Waals surface area contributed by atoms with Crippen molar-refractivity contribution in [3.8, 4) is 5.88 Å². The predicted molar refractivity (Wildman–Crippen MR) is 242 cm³/mol. The van der Waals surface area contributed by atoms with E-state index in [9.17, 15) is 18.9 Å². The molecule has 6 aliphatic carbocycles. The lowest BCUT2D eigenvalue weighted by molar-refractivity contribution is -0.221. The Bertz CT molecular complexity index is 2060. The molecule has 0 aromatic carbocycles. The fourth-order valence-corrected chi connectivity index (χ4v) is 16.9. The lowest BCUT2D eigenvalue weighted by Crippen LogP contribution is -2.68. The van der Waals surface area contributed by atoms with Gasteiger partial charge in [0, 0.05) is 49.3 Å². The number of carboxylic acids is 1. The monoisotopic (exact) mass is 843 g/mol. The zero-order valence-electron chi connectivity index (χ0n) is 37.6. The van der Waals surface area contributed by atoms with Crippen LogP contribution in [0.4, 0.5) is 0 Å². The highest BCUT2D eigenvalue weighted by Gasteiger charge is 2.70. The number of amides is 1. The van der Waals surface area contributed by atoms with Gasteiger partial charge in [0.15, 0.2) is 0 Å². The highest BCUT2D eigenvalue weighted by molar-refractivity contribution is 8.00. The smallest absolute Gasteiger partial charge is 0.313 e. The van der Waals surface area contributed by atoms with E-state index in [2.05, 4.69) is 81.3 Å². The van der Waals surface area contributed by atoms with Crippen molar-refractivity contribution in [3.05, 3.63) is 59.3 Å². The van der Waals surface area contributed by atoms with Gasteiger partial charge in [-0.2, -0.15) is 0 Å². The van der Waals surface area contributed by atoms with E-state index in [4.69, 9.17) is 10.5 Å². The molecule has 4 N–H and O–H groups in total. The molecule has 1 saturated heterocycles. The van der Waals surface area contributed by atoms with E-state index < -0.39 is 26.8 Å². The van der Waals surface area contributed by atoms with Gasteiger partial charge in [0.2, 0.25) is 5.88 Å². The second-order valence-electron chi connectivity index (χ2n) is 22.1. The minimum atomic E-state index is -1.88. The summed E-state index contributed by atoms with van der Waals surface area (Å²) in [5.74, 6) is 7.20. The Morgan fingerprint density at radius 2 is 1.72 bits per heavy atom. The maximum atomic E-state index is 12.8. The molecule has 4 saturated carbocycles. The van der Waals surface area contributed by atoms with E-state index in [-0.39, 0.29) is 45.4 Å². The lowest BCUT2D eigenvalue weighted by Gasteiger charge is -2.72. The second kappa shape index (κ2) is 15.4. The standard InChI is InChI=1S/C50H74N4O5S/c1-33(2)35-16-23-50(52-26-27-54-28-30-60(8,58)31-29-54)25-24-47(6)37(42(35)50)12-13-40-46(5)19-17-36(45(3,4)39(46)18-20-48(40,47)7)34-14-21-49(22-15-34,44(56)57)32-59-41-11-9-10-38(53-41)43(51)55/h9-11,14,17,35,37,39-40,42,52H,1,8,12-13,15-16,18-32H2,2-7H3,(H2,51,55)(H,56,57)/t35-,37+,39-,40+,42+,46-,47+,48+,49?,50-/m0/s1. The molecular formula is C50H74N4O5S. The van der Waals surface area contributed by atoms with Crippen LogP contribution < -0.4 is 15.8 Å². The number of nitrogens with zero attached hydrogens (tertiary/aromatic N) is 2. The van der Waals surface area contributed by atoms with Crippen LogP contribution in [0, 0.1) is 56.7 Å². The van der Waals surface area contributed by atoms with Gasteiger partial charge in [-0.25, -0.2) is 4.98 Å². The van der Waals surface area contributed by atoms with Crippen LogP contribution in [0.25, 0.3) is 0 Å². The second-order valence-corrected chi connectivity index (χ2v) is 24.8. The third-order valence-corrected chi connectivity index (χ3v) is 20.8. The van der Waals surface area contributed by atoms with E-state index in [0.29, 0.717) is 48.9 Å². The number of pyridine rings is 1. The third kappa shape index (κ3) is 7.05. The molecule has 1 unspecified atom stereocenters. The van der Waals surface area contributed by atoms with Gasteiger partial charge in [0.25, 0.3) is 5.91 Å². The molecule has 7 aliphatic rings. The largest absolute Gasteiger partial charge is 0.481 e. The van der Waals surface area contributed by atoms with Crippen LogP contribution in [0.5, 0.6) is 5.88 Å². The SMILES string of the molecule is C=C(C)[C@@H]1CC[C@]2(NCCN3CCS(=C)(=O)CC3)CC[C@]3(C)[C@H](CC[C@@H]4[C@@]5(C)CC=C(C6=CCC(COc7cccc(C(N)=O)n7)(C(=O)O)CC6)C(C)(C)[C@@H]5CC[C@]43C)[C@@H]12. The molecule has 1 aliphatic heterocycles. The fourth-order valence-electron chi connectivity index (χ4n) is 15.5. The highest BCUT2D eigenvalue weighted by atomic mass is 32.2. The minimum Gasteiger partial charge on any atom is -0.481 e. The minimum absolute atomic E-state index is 0.0177. The number of aromatic nitrogens is 1. The Hall–Kier alpha value is -2.95. The molecule has 1 aromatic rings. The van der Waals surface area contributed by atoms with Crippen molar-refractivity contribution in [2.24, 2.45) is 62.4 Å². The van der Waals surface area contributed by atoms with Crippen LogP contribution in [0.2, 0.25) is 0 Å². The summed E-state index contributed by atoms with van der Waals surface area (Å²) in [6, 6.07) is 4.81. The molecule has 0 bridgehead atoms. The highest BCUT2D eigenvalue weighted by Crippen LogP contribution is 2.76. The van der Waals surface area contributed by atoms with Gasteiger partial charge in [0.05, 0.1) is 0 Å². The van der Waals surface area contributed by atoms with E-state index in [1.165, 1.54) is 74.2 Å². The van der Waals surface area contributed by atoms with Gasteiger partial charge in [-0.3, -0.25) is 13.8 Å². The van der Waals surface area contributed by atoms with E-state index in [1.807, 2.05) is 0 Å². The van der Waals surface area contributed by atoms with Gasteiger partial charge in [-0.15, -0.1) is 0 Å². The molecule has 60 heavy (non-hydrogen) atoms. The van der Waals surface area contributed by atoms with Crippen molar-refractivity contribution < 1.29 is 23.6 Å². The number of carbonyl (C=O) groups excluding carboxylic acids is 1. The Balaban J connectivity index is 1.000. The maximum absolute atomic E-state index is 12.8. The number of nitrogens with one attached hydrogen (secondary N) is 1. The van der Waals surface area contributed by atoms with Gasteiger partial charge in [-0.05, 0) is 168 Å². The average molecular weight is 843 g/mol. The van der Waals surface area contributed by atoms with Crippen LogP contribution in [-0.4, -0.2) is 86.8 Å². The summed E-state index contributed by atoms with van der Waals surface area (Å²) in [6.07, 6.45) is 17.5. The molecule has 10 heteroatoms. The fraction of sp³-hybridized carbons (Fsp3) is 0.720. The van der Waals surface area contributed by atoms with Crippen LogP contribution in [-0.2, 0) is 14.3 Å². The number of aliphatic carboxylic acids is 1. The topological polar surface area (TPSA) is 135 Å². The zero-order valence-corrected chi connectivity index (χ0v) is 38.4. The maximum Gasteiger partial charge on any atom is 0.313 e. The summed E-state index contributed by atoms with van der Waals surface area (Å²) >= 11 is 0. The number of primary amides is 1. The van der Waals surface area contributed by atoms with Crippen molar-refractivity contribution >= 4 is 27.3 Å². The molecule has 10 atom stereocenters. The Morgan fingerprint density at radius 1 is 0.967 bits per heavy atom. The molecule has 9 nitrogen and oxygen atoms in total. The van der Waals surface area contributed by atoms with Gasteiger partial charge in [0.1, 0.15) is 17.7 Å². The molecule has 8 rings (SSSR count). The summed E-state index contributed by atoms with van der Waals surface area (Å²) in [5.41, 5.74) is 9.41. The van der Waals surface area contributed by atoms with E-state index in [0.717, 1.165) is 44.1 Å². The van der Waals surface area contributed by atoms with E-state index >= 15 is 0 Å². The molecule has 1 aromatic heterocycles. The van der Waals surface area contributed by atoms with Crippen molar-refractivity contribution in [2.75, 3.05) is 44.3 Å². The van der Waals surface area contributed by atoms with Gasteiger partial charge < -0.3 is 25.8 Å². The first kappa shape index (κ1) is 43.7. The quantitative estimate of drug-likeness (QED) is 0.150. The summed E-state index contributed by atoms with van der Waals surface area (Å²) < 4.78 is 18.5. The molecule has 0 radical (unpaired) electrons. The summed E-state index contributed by atoms with van der Waals surface area (Å²) in [7, 11) is -1.88. The first-order valence-electron chi connectivity index (χ1n) is 23.2. The Labute approximate surface area is 360 Å². The Kier molecular flexibility index (Phi) is 11.2. The first-order chi connectivity index (χ1) is 28.2. The van der Waals surface area contributed by atoms with Crippen LogP contribution in [0.15, 0.2) is 53.6 Å². The number of nitrogens with two attached hydrogens (primary N) is 1. The number of allylic oxidation sites excluding steroid dienone is 5. The lowest BCUT2D eigenvalue weighted by atomic mass is 9.33. The molecule has 1 amide bonds. The number of hydrogen-bond acceptors (Lipinski definition) is 7.